The molecule has 1 aromatic heterocycles. The fraction of sp³-hybridized carbons (Fsp3) is 0.565. The van der Waals surface area contributed by atoms with E-state index in [1.807, 2.05) is 23.1 Å². The standard InChI is InChI=1S/C23H37N7/c1-3-24-23(26-13-8-16-30-17-9-14-27-30)25-12-7-15-29-19-18-28(2)20-22(29)21-10-5-4-6-11-21/h4-6,9-11,14,17,22H,3,7-8,12-13,15-16,18-20H2,1-2H3,(H2,24,25,26). The van der Waals surface area contributed by atoms with Gasteiger partial charge in [0, 0.05) is 70.8 Å². The molecule has 2 N–H and O–H groups in total. The molecule has 0 saturated carbocycles. The number of hydrogen-bond acceptors (Lipinski definition) is 4. The van der Waals surface area contributed by atoms with Crippen molar-refractivity contribution in [2.45, 2.75) is 32.4 Å². The fourth-order valence-electron chi connectivity index (χ4n) is 3.90. The number of nitrogens with one attached hydrogen (secondary N) is 2. The van der Waals surface area contributed by atoms with Crippen molar-refractivity contribution in [3.05, 3.63) is 54.4 Å². The highest BCUT2D eigenvalue weighted by Gasteiger charge is 2.25. The van der Waals surface area contributed by atoms with Gasteiger partial charge in [0.2, 0.25) is 0 Å². The van der Waals surface area contributed by atoms with Crippen LogP contribution in [-0.4, -0.2) is 78.4 Å². The number of aliphatic imine (C=N–C) groups is 1. The maximum atomic E-state index is 4.70. The van der Waals surface area contributed by atoms with Crippen LogP contribution in [0.4, 0.5) is 0 Å². The second kappa shape index (κ2) is 12.3. The second-order valence-electron chi connectivity index (χ2n) is 7.89. The molecule has 0 aliphatic carbocycles. The molecule has 0 bridgehead atoms. The molecule has 2 heterocycles. The highest BCUT2D eigenvalue weighted by atomic mass is 15.3. The van der Waals surface area contributed by atoms with Gasteiger partial charge in [-0.3, -0.25) is 14.6 Å². The molecule has 1 aliphatic heterocycles. The molecule has 1 fully saturated rings. The first-order chi connectivity index (χ1) is 14.8. The average molecular weight is 412 g/mol. The molecule has 1 unspecified atom stereocenters. The number of nitrogens with zero attached hydrogens (tertiary/aromatic N) is 5. The van der Waals surface area contributed by atoms with Crippen LogP contribution in [0.2, 0.25) is 0 Å². The van der Waals surface area contributed by atoms with Gasteiger partial charge in [-0.15, -0.1) is 0 Å². The molecule has 3 rings (SSSR count). The molecule has 7 heteroatoms. The summed E-state index contributed by atoms with van der Waals surface area (Å²) in [5.74, 6) is 0.913. The van der Waals surface area contributed by atoms with Crippen LogP contribution < -0.4 is 10.6 Å². The third-order valence-electron chi connectivity index (χ3n) is 5.51. The van der Waals surface area contributed by atoms with Gasteiger partial charge in [0.05, 0.1) is 0 Å². The van der Waals surface area contributed by atoms with Crippen LogP contribution in [0.1, 0.15) is 31.4 Å². The summed E-state index contributed by atoms with van der Waals surface area (Å²) in [7, 11) is 2.22. The minimum Gasteiger partial charge on any atom is -0.357 e. The topological polar surface area (TPSA) is 60.7 Å². The molecule has 2 aromatic rings. The van der Waals surface area contributed by atoms with E-state index in [2.05, 4.69) is 69.8 Å². The van der Waals surface area contributed by atoms with Crippen LogP contribution in [0.25, 0.3) is 0 Å². The summed E-state index contributed by atoms with van der Waals surface area (Å²) in [6, 6.07) is 13.3. The summed E-state index contributed by atoms with van der Waals surface area (Å²) in [5.41, 5.74) is 1.42. The van der Waals surface area contributed by atoms with Crippen molar-refractivity contribution in [3.63, 3.8) is 0 Å². The lowest BCUT2D eigenvalue weighted by molar-refractivity contribution is 0.0891. The Labute approximate surface area is 181 Å². The predicted octanol–water partition coefficient (Wildman–Crippen LogP) is 2.21. The third-order valence-corrected chi connectivity index (χ3v) is 5.51. The summed E-state index contributed by atoms with van der Waals surface area (Å²) in [6.07, 6.45) is 5.90. The van der Waals surface area contributed by atoms with Gasteiger partial charge < -0.3 is 15.5 Å². The van der Waals surface area contributed by atoms with Crippen LogP contribution in [-0.2, 0) is 6.54 Å². The Hall–Kier alpha value is -2.38. The maximum Gasteiger partial charge on any atom is 0.191 e. The predicted molar refractivity (Wildman–Crippen MR) is 124 cm³/mol. The van der Waals surface area contributed by atoms with Crippen molar-refractivity contribution in [1.82, 2.24) is 30.2 Å². The van der Waals surface area contributed by atoms with Crippen molar-refractivity contribution in [3.8, 4) is 0 Å². The van der Waals surface area contributed by atoms with E-state index in [-0.39, 0.29) is 0 Å². The summed E-state index contributed by atoms with van der Waals surface area (Å²) in [6.45, 7) is 10.1. The second-order valence-corrected chi connectivity index (χ2v) is 7.89. The van der Waals surface area contributed by atoms with E-state index in [4.69, 9.17) is 4.99 Å². The number of aromatic nitrogens is 2. The van der Waals surface area contributed by atoms with Gasteiger partial charge in [0.1, 0.15) is 0 Å². The largest absolute Gasteiger partial charge is 0.357 e. The number of likely N-dealkylation sites (N-methyl/N-ethyl adjacent to an activating group) is 1. The molecule has 30 heavy (non-hydrogen) atoms. The zero-order valence-corrected chi connectivity index (χ0v) is 18.5. The molecular formula is C23H37N7. The van der Waals surface area contributed by atoms with Gasteiger partial charge >= 0.3 is 0 Å². The van der Waals surface area contributed by atoms with E-state index in [1.165, 1.54) is 5.56 Å². The van der Waals surface area contributed by atoms with Crippen molar-refractivity contribution >= 4 is 5.96 Å². The lowest BCUT2D eigenvalue weighted by atomic mass is 10.0. The molecule has 0 radical (unpaired) electrons. The molecular weight excluding hydrogens is 374 g/mol. The van der Waals surface area contributed by atoms with Crippen molar-refractivity contribution in [1.29, 1.82) is 0 Å². The van der Waals surface area contributed by atoms with Crippen molar-refractivity contribution in [2.75, 3.05) is 52.9 Å². The summed E-state index contributed by atoms with van der Waals surface area (Å²) < 4.78 is 1.95. The number of rotatable bonds is 10. The zero-order valence-electron chi connectivity index (χ0n) is 18.5. The van der Waals surface area contributed by atoms with Crippen LogP contribution in [0, 0.1) is 0 Å². The van der Waals surface area contributed by atoms with E-state index in [1.54, 1.807) is 0 Å². The lowest BCUT2D eigenvalue weighted by Crippen LogP contribution is -2.47. The smallest absolute Gasteiger partial charge is 0.191 e. The quantitative estimate of drug-likeness (QED) is 0.357. The van der Waals surface area contributed by atoms with E-state index in [0.29, 0.717) is 6.04 Å². The van der Waals surface area contributed by atoms with Gasteiger partial charge in [-0.05, 0) is 38.4 Å². The van der Waals surface area contributed by atoms with Crippen LogP contribution in [0.5, 0.6) is 0 Å². The number of benzene rings is 1. The van der Waals surface area contributed by atoms with Crippen molar-refractivity contribution in [2.24, 2.45) is 4.99 Å². The van der Waals surface area contributed by atoms with E-state index < -0.39 is 0 Å². The molecule has 1 aliphatic rings. The van der Waals surface area contributed by atoms with E-state index in [9.17, 15) is 0 Å². The minimum absolute atomic E-state index is 0.481. The highest BCUT2D eigenvalue weighted by molar-refractivity contribution is 5.79. The Bertz CT molecular complexity index is 729. The van der Waals surface area contributed by atoms with Crippen molar-refractivity contribution < 1.29 is 0 Å². The van der Waals surface area contributed by atoms with E-state index >= 15 is 0 Å². The average Bonchev–Trinajstić information content (AvgIpc) is 3.29. The van der Waals surface area contributed by atoms with Gasteiger partial charge in [0.15, 0.2) is 5.96 Å². The number of guanidine groups is 1. The molecule has 1 atom stereocenters. The molecule has 0 spiro atoms. The first-order valence-electron chi connectivity index (χ1n) is 11.2. The molecule has 1 aromatic carbocycles. The van der Waals surface area contributed by atoms with Gasteiger partial charge in [-0.2, -0.15) is 5.10 Å². The first kappa shape index (κ1) is 22.3. The monoisotopic (exact) mass is 411 g/mol. The fourth-order valence-corrected chi connectivity index (χ4v) is 3.90. The number of aryl methyl sites for hydroxylation is 1. The molecule has 164 valence electrons. The lowest BCUT2D eigenvalue weighted by Gasteiger charge is -2.40. The molecule has 1 saturated heterocycles. The molecule has 7 nitrogen and oxygen atoms in total. The van der Waals surface area contributed by atoms with Gasteiger partial charge in [0.25, 0.3) is 0 Å². The third kappa shape index (κ3) is 7.15. The normalized spacial score (nSPS) is 18.5. The highest BCUT2D eigenvalue weighted by Crippen LogP contribution is 2.24. The summed E-state index contributed by atoms with van der Waals surface area (Å²) in [5, 5.41) is 11.1. The Morgan fingerprint density at radius 1 is 1.10 bits per heavy atom. The Morgan fingerprint density at radius 3 is 2.73 bits per heavy atom. The first-order valence-corrected chi connectivity index (χ1v) is 11.2. The van der Waals surface area contributed by atoms with Crippen LogP contribution in [0.3, 0.4) is 0 Å². The number of piperazine rings is 1. The van der Waals surface area contributed by atoms with E-state index in [0.717, 1.165) is 71.2 Å². The summed E-state index contributed by atoms with van der Waals surface area (Å²) >= 11 is 0. The van der Waals surface area contributed by atoms with Crippen LogP contribution in [0.15, 0.2) is 53.8 Å². The SMILES string of the molecule is CCNC(=NCCCn1cccn1)NCCCN1CCN(C)CC1c1ccccc1. The van der Waals surface area contributed by atoms with Gasteiger partial charge in [-0.25, -0.2) is 0 Å². The maximum absolute atomic E-state index is 4.70. The van der Waals surface area contributed by atoms with Crippen LogP contribution >= 0.6 is 0 Å². The Balaban J connectivity index is 1.42. The van der Waals surface area contributed by atoms with Gasteiger partial charge in [-0.1, -0.05) is 30.3 Å². The Kier molecular flexibility index (Phi) is 9.18. The Morgan fingerprint density at radius 2 is 1.97 bits per heavy atom. The summed E-state index contributed by atoms with van der Waals surface area (Å²) in [4.78, 5) is 9.77. The minimum atomic E-state index is 0.481. The zero-order chi connectivity index (χ0) is 21.0. The molecule has 0 amide bonds. The number of hydrogen-bond donors (Lipinski definition) is 2.